The molecule has 0 atom stereocenters. The van der Waals surface area contributed by atoms with Gasteiger partial charge in [-0.3, -0.25) is 0 Å². The van der Waals surface area contributed by atoms with E-state index in [1.807, 2.05) is 12.1 Å². The molecule has 2 aromatic rings. The molecule has 1 saturated carbocycles. The van der Waals surface area contributed by atoms with E-state index >= 15 is 0 Å². The highest BCUT2D eigenvalue weighted by atomic mass is 19.1. The van der Waals surface area contributed by atoms with Crippen molar-refractivity contribution in [1.29, 1.82) is 0 Å². The normalized spacial score (nSPS) is 16.1. The quantitative estimate of drug-likeness (QED) is 0.775. The van der Waals surface area contributed by atoms with Crippen LogP contribution < -0.4 is 4.74 Å². The van der Waals surface area contributed by atoms with E-state index in [9.17, 15) is 4.39 Å². The number of fused-ring (bicyclic) bond motifs is 1. The minimum absolute atomic E-state index is 0.247. The zero-order chi connectivity index (χ0) is 9.54. The van der Waals surface area contributed by atoms with Crippen LogP contribution in [0.3, 0.4) is 0 Å². The van der Waals surface area contributed by atoms with Crippen LogP contribution in [0, 0.1) is 5.82 Å². The Morgan fingerprint density at radius 2 is 2.21 bits per heavy atom. The van der Waals surface area contributed by atoms with Crippen molar-refractivity contribution in [2.75, 3.05) is 0 Å². The maximum absolute atomic E-state index is 13.4. The largest absolute Gasteiger partial charge is 0.490 e. The fourth-order valence-corrected chi connectivity index (χ4v) is 1.55. The lowest BCUT2D eigenvalue weighted by Crippen LogP contribution is -1.96. The Kier molecular flexibility index (Phi) is 1.54. The molecule has 0 amide bonds. The smallest absolute Gasteiger partial charge is 0.150 e. The summed E-state index contributed by atoms with van der Waals surface area (Å²) >= 11 is 0. The van der Waals surface area contributed by atoms with Gasteiger partial charge < -0.3 is 9.72 Å². The van der Waals surface area contributed by atoms with Gasteiger partial charge in [0.2, 0.25) is 0 Å². The first-order valence-corrected chi connectivity index (χ1v) is 4.76. The number of rotatable bonds is 2. The zero-order valence-corrected chi connectivity index (χ0v) is 7.59. The van der Waals surface area contributed by atoms with Gasteiger partial charge in [-0.25, -0.2) is 4.39 Å². The van der Waals surface area contributed by atoms with E-state index < -0.39 is 0 Å². The fourth-order valence-electron chi connectivity index (χ4n) is 1.55. The van der Waals surface area contributed by atoms with Crippen molar-refractivity contribution in [2.24, 2.45) is 0 Å². The van der Waals surface area contributed by atoms with Crippen LogP contribution in [0.15, 0.2) is 24.4 Å². The molecule has 0 radical (unpaired) electrons. The number of aromatic amines is 1. The molecule has 1 aromatic carbocycles. The number of H-pyrrole nitrogens is 1. The highest BCUT2D eigenvalue weighted by molar-refractivity contribution is 5.81. The van der Waals surface area contributed by atoms with Crippen molar-refractivity contribution in [2.45, 2.75) is 18.9 Å². The number of hydrogen-bond acceptors (Lipinski definition) is 1. The molecule has 0 unspecified atom stereocenters. The molecule has 0 aliphatic heterocycles. The predicted molar refractivity (Wildman–Crippen MR) is 51.9 cm³/mol. The molecule has 1 N–H and O–H groups in total. The van der Waals surface area contributed by atoms with Gasteiger partial charge in [0.05, 0.1) is 11.6 Å². The van der Waals surface area contributed by atoms with Crippen molar-refractivity contribution in [3.63, 3.8) is 0 Å². The number of aromatic nitrogens is 1. The molecular weight excluding hydrogens is 181 g/mol. The second-order valence-electron chi connectivity index (χ2n) is 3.66. The number of benzene rings is 1. The van der Waals surface area contributed by atoms with Crippen LogP contribution >= 0.6 is 0 Å². The molecular formula is C11H10FNO. The Morgan fingerprint density at radius 3 is 3.00 bits per heavy atom. The van der Waals surface area contributed by atoms with Gasteiger partial charge in [0.15, 0.2) is 5.82 Å². The Morgan fingerprint density at radius 1 is 1.36 bits per heavy atom. The van der Waals surface area contributed by atoms with Crippen LogP contribution in [0.1, 0.15) is 12.8 Å². The van der Waals surface area contributed by atoms with Gasteiger partial charge in [0, 0.05) is 17.6 Å². The molecule has 0 saturated heterocycles. The summed E-state index contributed by atoms with van der Waals surface area (Å²) in [6.45, 7) is 0. The molecule has 3 heteroatoms. The Labute approximate surface area is 80.7 Å². The van der Waals surface area contributed by atoms with Crippen LogP contribution in [0.2, 0.25) is 0 Å². The first-order valence-electron chi connectivity index (χ1n) is 4.76. The Bertz CT molecular complexity index is 473. The molecule has 0 bridgehead atoms. The van der Waals surface area contributed by atoms with E-state index in [1.54, 1.807) is 6.20 Å². The second-order valence-corrected chi connectivity index (χ2v) is 3.66. The van der Waals surface area contributed by atoms with Gasteiger partial charge in [0.1, 0.15) is 5.75 Å². The van der Waals surface area contributed by atoms with E-state index in [0.29, 0.717) is 17.4 Å². The lowest BCUT2D eigenvalue weighted by molar-refractivity contribution is 0.302. The maximum atomic E-state index is 13.4. The van der Waals surface area contributed by atoms with E-state index in [0.717, 1.165) is 18.2 Å². The minimum Gasteiger partial charge on any atom is -0.490 e. The van der Waals surface area contributed by atoms with Crippen molar-refractivity contribution in [1.82, 2.24) is 4.98 Å². The van der Waals surface area contributed by atoms with Crippen molar-refractivity contribution in [3.05, 3.63) is 30.2 Å². The molecule has 1 aliphatic carbocycles. The summed E-state index contributed by atoms with van der Waals surface area (Å²) in [5, 5.41) is 0.862. The third-order valence-electron chi connectivity index (χ3n) is 2.41. The van der Waals surface area contributed by atoms with E-state index in [1.165, 1.54) is 6.07 Å². The van der Waals surface area contributed by atoms with Crippen LogP contribution in [0.4, 0.5) is 4.39 Å². The lowest BCUT2D eigenvalue weighted by Gasteiger charge is -2.04. The molecule has 0 spiro atoms. The predicted octanol–water partition coefficient (Wildman–Crippen LogP) is 2.85. The van der Waals surface area contributed by atoms with Crippen LogP contribution in [-0.2, 0) is 0 Å². The summed E-state index contributed by atoms with van der Waals surface area (Å²) in [6, 6.07) is 5.16. The average Bonchev–Trinajstić information content (AvgIpc) is 2.82. The fraction of sp³-hybridized carbons (Fsp3) is 0.273. The molecule has 3 rings (SSSR count). The molecule has 1 heterocycles. The van der Waals surface area contributed by atoms with Crippen LogP contribution in [-0.4, -0.2) is 11.1 Å². The van der Waals surface area contributed by atoms with Crippen molar-refractivity contribution < 1.29 is 9.13 Å². The molecule has 2 nitrogen and oxygen atoms in total. The highest BCUT2D eigenvalue weighted by Crippen LogP contribution is 2.29. The van der Waals surface area contributed by atoms with Crippen LogP contribution in [0.5, 0.6) is 5.75 Å². The third kappa shape index (κ3) is 1.25. The molecule has 14 heavy (non-hydrogen) atoms. The van der Waals surface area contributed by atoms with E-state index in [2.05, 4.69) is 4.98 Å². The number of ether oxygens (including phenoxy) is 1. The number of nitrogens with one attached hydrogen (secondary N) is 1. The van der Waals surface area contributed by atoms with Crippen molar-refractivity contribution >= 4 is 10.9 Å². The Balaban J connectivity index is 2.06. The summed E-state index contributed by atoms with van der Waals surface area (Å²) in [5.41, 5.74) is 0.549. The van der Waals surface area contributed by atoms with E-state index in [4.69, 9.17) is 4.74 Å². The van der Waals surface area contributed by atoms with Gasteiger partial charge in [-0.15, -0.1) is 0 Å². The summed E-state index contributed by atoms with van der Waals surface area (Å²) in [6.07, 6.45) is 4.22. The first kappa shape index (κ1) is 7.85. The highest BCUT2D eigenvalue weighted by Gasteiger charge is 2.23. The van der Waals surface area contributed by atoms with Gasteiger partial charge in [-0.1, -0.05) is 0 Å². The molecule has 1 aliphatic rings. The monoisotopic (exact) mass is 191 g/mol. The van der Waals surface area contributed by atoms with Gasteiger partial charge >= 0.3 is 0 Å². The topological polar surface area (TPSA) is 25.0 Å². The van der Waals surface area contributed by atoms with E-state index in [-0.39, 0.29) is 5.82 Å². The van der Waals surface area contributed by atoms with Gasteiger partial charge in [-0.2, -0.15) is 0 Å². The van der Waals surface area contributed by atoms with Gasteiger partial charge in [-0.05, 0) is 25.0 Å². The zero-order valence-electron chi connectivity index (χ0n) is 7.59. The van der Waals surface area contributed by atoms with Crippen molar-refractivity contribution in [3.8, 4) is 5.75 Å². The first-order chi connectivity index (χ1) is 6.83. The second kappa shape index (κ2) is 2.74. The summed E-state index contributed by atoms with van der Waals surface area (Å²) in [5.74, 6) is 0.389. The molecule has 1 fully saturated rings. The lowest BCUT2D eigenvalue weighted by atomic mass is 10.2. The Hall–Kier alpha value is -1.51. The summed E-state index contributed by atoms with van der Waals surface area (Å²) in [7, 11) is 0. The SMILES string of the molecule is Fc1cc(OC2CC2)cc2cc[nH]c12. The molecule has 1 aromatic heterocycles. The average molecular weight is 191 g/mol. The molecule has 72 valence electrons. The maximum Gasteiger partial charge on any atom is 0.150 e. The standard InChI is InChI=1S/C11H10FNO/c12-10-6-9(14-8-1-2-8)5-7-3-4-13-11(7)10/h3-6,8,13H,1-2H2. The van der Waals surface area contributed by atoms with Gasteiger partial charge in [0.25, 0.3) is 0 Å². The summed E-state index contributed by atoms with van der Waals surface area (Å²) < 4.78 is 19.0. The third-order valence-corrected chi connectivity index (χ3v) is 2.41. The number of hydrogen-bond donors (Lipinski definition) is 1. The van der Waals surface area contributed by atoms with Crippen LogP contribution in [0.25, 0.3) is 10.9 Å². The summed E-state index contributed by atoms with van der Waals surface area (Å²) in [4.78, 5) is 2.85. The minimum atomic E-state index is -0.247. The number of halogens is 1.